The van der Waals surface area contributed by atoms with Gasteiger partial charge in [-0.15, -0.1) is 0 Å². The standard InChI is InChI=1S/C10H9F3O3/c1-3-4-5(10(14)15)7(12)9(16-2)8(13)6(4)11/h3H2,1-2H3,(H,14,15). The van der Waals surface area contributed by atoms with Crippen molar-refractivity contribution in [3.05, 3.63) is 28.6 Å². The van der Waals surface area contributed by atoms with Crippen molar-refractivity contribution in [2.75, 3.05) is 7.11 Å². The van der Waals surface area contributed by atoms with Gasteiger partial charge in [0.1, 0.15) is 5.56 Å². The van der Waals surface area contributed by atoms with E-state index in [4.69, 9.17) is 5.11 Å². The highest BCUT2D eigenvalue weighted by Crippen LogP contribution is 2.31. The van der Waals surface area contributed by atoms with Crippen LogP contribution in [-0.4, -0.2) is 18.2 Å². The van der Waals surface area contributed by atoms with Gasteiger partial charge in [-0.3, -0.25) is 0 Å². The van der Waals surface area contributed by atoms with Crippen molar-refractivity contribution >= 4 is 5.97 Å². The summed E-state index contributed by atoms with van der Waals surface area (Å²) in [6.07, 6.45) is -0.134. The first-order valence-corrected chi connectivity index (χ1v) is 4.42. The van der Waals surface area contributed by atoms with E-state index >= 15 is 0 Å². The molecular formula is C10H9F3O3. The molecule has 0 aliphatic carbocycles. The molecule has 1 N–H and O–H groups in total. The van der Waals surface area contributed by atoms with Gasteiger partial charge in [0.15, 0.2) is 17.4 Å². The molecule has 88 valence electrons. The highest BCUT2D eigenvalue weighted by molar-refractivity contribution is 5.90. The van der Waals surface area contributed by atoms with Crippen LogP contribution in [0, 0.1) is 17.5 Å². The van der Waals surface area contributed by atoms with Gasteiger partial charge >= 0.3 is 5.97 Å². The number of benzene rings is 1. The van der Waals surface area contributed by atoms with Gasteiger partial charge in [-0.05, 0) is 6.42 Å². The highest BCUT2D eigenvalue weighted by atomic mass is 19.2. The summed E-state index contributed by atoms with van der Waals surface area (Å²) in [5, 5.41) is 8.73. The lowest BCUT2D eigenvalue weighted by molar-refractivity contribution is 0.0688. The Balaban J connectivity index is 3.71. The predicted octanol–water partition coefficient (Wildman–Crippen LogP) is 2.37. The quantitative estimate of drug-likeness (QED) is 0.816. The minimum atomic E-state index is -1.66. The van der Waals surface area contributed by atoms with E-state index in [1.165, 1.54) is 6.92 Å². The number of methoxy groups -OCH3 is 1. The van der Waals surface area contributed by atoms with Gasteiger partial charge in [0.2, 0.25) is 5.82 Å². The summed E-state index contributed by atoms with van der Waals surface area (Å²) in [4.78, 5) is 10.7. The van der Waals surface area contributed by atoms with Crippen LogP contribution < -0.4 is 4.74 Å². The second-order valence-corrected chi connectivity index (χ2v) is 2.99. The van der Waals surface area contributed by atoms with Crippen LogP contribution in [0.5, 0.6) is 5.75 Å². The average Bonchev–Trinajstić information content (AvgIpc) is 2.23. The molecule has 0 aromatic heterocycles. The molecule has 0 spiro atoms. The SMILES string of the molecule is CCc1c(F)c(F)c(OC)c(F)c1C(=O)O. The molecule has 0 saturated carbocycles. The molecule has 0 aliphatic rings. The molecule has 0 atom stereocenters. The third kappa shape index (κ3) is 1.70. The number of carboxylic acids is 1. The molecule has 0 fully saturated rings. The molecule has 1 aromatic carbocycles. The molecule has 16 heavy (non-hydrogen) atoms. The molecule has 1 rings (SSSR count). The summed E-state index contributed by atoms with van der Waals surface area (Å²) in [5.41, 5.74) is -1.40. The number of rotatable bonds is 3. The van der Waals surface area contributed by atoms with E-state index in [1.54, 1.807) is 0 Å². The molecule has 0 amide bonds. The Bertz CT molecular complexity index is 444. The first-order valence-electron chi connectivity index (χ1n) is 4.42. The van der Waals surface area contributed by atoms with E-state index in [1.807, 2.05) is 0 Å². The van der Waals surface area contributed by atoms with Crippen molar-refractivity contribution in [3.8, 4) is 5.75 Å². The zero-order valence-corrected chi connectivity index (χ0v) is 8.60. The van der Waals surface area contributed by atoms with Crippen molar-refractivity contribution in [1.29, 1.82) is 0 Å². The van der Waals surface area contributed by atoms with Crippen LogP contribution in [0.15, 0.2) is 0 Å². The van der Waals surface area contributed by atoms with E-state index in [0.717, 1.165) is 7.11 Å². The molecule has 1 aromatic rings. The van der Waals surface area contributed by atoms with Gasteiger partial charge in [-0.1, -0.05) is 6.92 Å². The van der Waals surface area contributed by atoms with E-state index in [9.17, 15) is 18.0 Å². The maximum atomic E-state index is 13.5. The number of ether oxygens (including phenoxy) is 1. The number of hydrogen-bond donors (Lipinski definition) is 1. The number of halogens is 3. The monoisotopic (exact) mass is 234 g/mol. The summed E-state index contributed by atoms with van der Waals surface area (Å²) in [6, 6.07) is 0. The van der Waals surface area contributed by atoms with Crippen molar-refractivity contribution in [2.24, 2.45) is 0 Å². The Kier molecular flexibility index (Phi) is 3.41. The Hall–Kier alpha value is -1.72. The Morgan fingerprint density at radius 1 is 1.25 bits per heavy atom. The van der Waals surface area contributed by atoms with Gasteiger partial charge in [-0.2, -0.15) is 4.39 Å². The highest BCUT2D eigenvalue weighted by Gasteiger charge is 2.28. The van der Waals surface area contributed by atoms with Crippen molar-refractivity contribution < 1.29 is 27.8 Å². The summed E-state index contributed by atoms with van der Waals surface area (Å²) in [5.74, 6) is -6.98. The van der Waals surface area contributed by atoms with Gasteiger partial charge in [0.25, 0.3) is 0 Å². The molecule has 0 heterocycles. The first-order chi connectivity index (χ1) is 7.45. The van der Waals surface area contributed by atoms with E-state index in [-0.39, 0.29) is 6.42 Å². The smallest absolute Gasteiger partial charge is 0.339 e. The zero-order chi connectivity index (χ0) is 12.5. The Morgan fingerprint density at radius 3 is 2.19 bits per heavy atom. The number of aromatic carboxylic acids is 1. The van der Waals surface area contributed by atoms with Crippen LogP contribution >= 0.6 is 0 Å². The zero-order valence-electron chi connectivity index (χ0n) is 8.60. The minimum Gasteiger partial charge on any atom is -0.491 e. The third-order valence-electron chi connectivity index (χ3n) is 2.15. The second-order valence-electron chi connectivity index (χ2n) is 2.99. The molecule has 0 radical (unpaired) electrons. The number of carboxylic acid groups (broad SMARTS) is 1. The molecule has 0 unspecified atom stereocenters. The van der Waals surface area contributed by atoms with E-state index in [2.05, 4.69) is 4.74 Å². The summed E-state index contributed by atoms with van der Waals surface area (Å²) >= 11 is 0. The lowest BCUT2D eigenvalue weighted by atomic mass is 10.0. The molecule has 0 saturated heterocycles. The van der Waals surface area contributed by atoms with Gasteiger partial charge in [0.05, 0.1) is 7.11 Å². The fourth-order valence-electron chi connectivity index (χ4n) is 1.42. The van der Waals surface area contributed by atoms with Crippen LogP contribution in [0.2, 0.25) is 0 Å². The van der Waals surface area contributed by atoms with Crippen LogP contribution in [0.25, 0.3) is 0 Å². The average molecular weight is 234 g/mol. The van der Waals surface area contributed by atoms with Gasteiger partial charge < -0.3 is 9.84 Å². The normalized spacial score (nSPS) is 10.3. The molecule has 0 bridgehead atoms. The Morgan fingerprint density at radius 2 is 1.81 bits per heavy atom. The number of carbonyl (C=O) groups is 1. The lowest BCUT2D eigenvalue weighted by Crippen LogP contribution is -2.12. The van der Waals surface area contributed by atoms with Gasteiger partial charge in [-0.25, -0.2) is 13.6 Å². The Labute approximate surface area is 89.5 Å². The fourth-order valence-corrected chi connectivity index (χ4v) is 1.42. The molecule has 3 nitrogen and oxygen atoms in total. The summed E-state index contributed by atoms with van der Waals surface area (Å²) < 4.78 is 44.4. The van der Waals surface area contributed by atoms with Crippen LogP contribution in [0.3, 0.4) is 0 Å². The molecule has 6 heteroatoms. The van der Waals surface area contributed by atoms with Crippen molar-refractivity contribution in [1.82, 2.24) is 0 Å². The van der Waals surface area contributed by atoms with Crippen molar-refractivity contribution in [2.45, 2.75) is 13.3 Å². The lowest BCUT2D eigenvalue weighted by Gasteiger charge is -2.11. The van der Waals surface area contributed by atoms with E-state index < -0.39 is 40.3 Å². The predicted molar refractivity (Wildman–Crippen MR) is 49.2 cm³/mol. The summed E-state index contributed by atoms with van der Waals surface area (Å²) in [6.45, 7) is 1.40. The fraction of sp³-hybridized carbons (Fsp3) is 0.300. The maximum absolute atomic E-state index is 13.5. The molecular weight excluding hydrogens is 225 g/mol. The third-order valence-corrected chi connectivity index (χ3v) is 2.15. The van der Waals surface area contributed by atoms with Crippen LogP contribution in [0.4, 0.5) is 13.2 Å². The molecule has 0 aliphatic heterocycles. The minimum absolute atomic E-state index is 0.134. The largest absolute Gasteiger partial charge is 0.491 e. The topological polar surface area (TPSA) is 46.5 Å². The second kappa shape index (κ2) is 4.42. The van der Waals surface area contributed by atoms with E-state index in [0.29, 0.717) is 0 Å². The van der Waals surface area contributed by atoms with Crippen molar-refractivity contribution in [3.63, 3.8) is 0 Å². The van der Waals surface area contributed by atoms with Crippen LogP contribution in [0.1, 0.15) is 22.8 Å². The maximum Gasteiger partial charge on any atom is 0.339 e. The summed E-state index contributed by atoms with van der Waals surface area (Å²) in [7, 11) is 0.929. The van der Waals surface area contributed by atoms with Gasteiger partial charge in [0, 0.05) is 5.56 Å². The van der Waals surface area contributed by atoms with Crippen LogP contribution in [-0.2, 0) is 6.42 Å². The number of hydrogen-bond acceptors (Lipinski definition) is 2. The first kappa shape index (κ1) is 12.4.